The SMILES string of the molecule is CC[C@H](C(=O)NC1CCCCC1)N(Cc1ccc(Cl)cc1Cl)C(=O)CN(c1cccc(Br)c1)S(=O)(=O)c1ccccc1. The molecule has 1 N–H and O–H groups in total. The lowest BCUT2D eigenvalue weighted by Gasteiger charge is -2.34. The smallest absolute Gasteiger partial charge is 0.264 e. The third kappa shape index (κ3) is 8.07. The Kier molecular flexibility index (Phi) is 11.3. The van der Waals surface area contributed by atoms with Gasteiger partial charge >= 0.3 is 0 Å². The van der Waals surface area contributed by atoms with Gasteiger partial charge in [-0.3, -0.25) is 13.9 Å². The minimum Gasteiger partial charge on any atom is -0.352 e. The van der Waals surface area contributed by atoms with Crippen LogP contribution in [0.4, 0.5) is 5.69 Å². The fourth-order valence-electron chi connectivity index (χ4n) is 5.18. The number of nitrogens with one attached hydrogen (secondary N) is 1. The molecule has 0 bridgehead atoms. The number of carbonyl (C=O) groups is 2. The molecule has 0 radical (unpaired) electrons. The Morgan fingerprint density at radius 3 is 2.33 bits per heavy atom. The van der Waals surface area contributed by atoms with Crippen molar-refractivity contribution in [2.24, 2.45) is 0 Å². The number of benzene rings is 3. The summed E-state index contributed by atoms with van der Waals surface area (Å²) in [7, 11) is -4.14. The van der Waals surface area contributed by atoms with E-state index in [0.717, 1.165) is 36.4 Å². The normalized spacial score (nSPS) is 14.7. The van der Waals surface area contributed by atoms with Crippen LogP contribution in [0.3, 0.4) is 0 Å². The Bertz CT molecular complexity index is 1500. The predicted molar refractivity (Wildman–Crippen MR) is 171 cm³/mol. The molecule has 0 aliphatic heterocycles. The van der Waals surface area contributed by atoms with Crippen LogP contribution in [0.2, 0.25) is 10.0 Å². The fraction of sp³-hybridized carbons (Fsp3) is 0.355. The lowest BCUT2D eigenvalue weighted by molar-refractivity contribution is -0.140. The Labute approximate surface area is 266 Å². The van der Waals surface area contributed by atoms with Crippen LogP contribution in [0, 0.1) is 0 Å². The second-order valence-corrected chi connectivity index (χ2v) is 14.0. The van der Waals surface area contributed by atoms with E-state index in [9.17, 15) is 18.0 Å². The van der Waals surface area contributed by atoms with E-state index in [1.165, 1.54) is 17.0 Å². The zero-order valence-electron chi connectivity index (χ0n) is 23.3. The molecule has 1 aliphatic carbocycles. The molecule has 0 heterocycles. The standard InChI is InChI=1S/C31H34BrCl2N3O4S/c1-2-29(31(39)35-25-11-5-3-6-12-25)36(20-22-16-17-24(33)19-28(22)34)30(38)21-37(26-13-9-10-23(32)18-26)42(40,41)27-14-7-4-8-15-27/h4,7-10,13-19,25,29H,2-3,5-6,11-12,20-21H2,1H3,(H,35,39)/t29-/m1/s1. The molecule has 0 spiro atoms. The van der Waals surface area contributed by atoms with Crippen LogP contribution in [-0.4, -0.2) is 43.8 Å². The van der Waals surface area contributed by atoms with Gasteiger partial charge in [-0.25, -0.2) is 8.42 Å². The highest BCUT2D eigenvalue weighted by molar-refractivity contribution is 9.10. The van der Waals surface area contributed by atoms with Crippen LogP contribution < -0.4 is 9.62 Å². The number of hydrogen-bond acceptors (Lipinski definition) is 4. The van der Waals surface area contributed by atoms with Crippen LogP contribution in [0.5, 0.6) is 0 Å². The summed E-state index contributed by atoms with van der Waals surface area (Å²) in [4.78, 5) is 29.3. The lowest BCUT2D eigenvalue weighted by Crippen LogP contribution is -2.54. The summed E-state index contributed by atoms with van der Waals surface area (Å²) in [5.41, 5.74) is 0.906. The molecule has 3 aromatic carbocycles. The number of amides is 2. The number of hydrogen-bond donors (Lipinski definition) is 1. The summed E-state index contributed by atoms with van der Waals surface area (Å²) in [6, 6.07) is 18.9. The van der Waals surface area contributed by atoms with Gasteiger partial charge in [0.25, 0.3) is 10.0 Å². The maximum Gasteiger partial charge on any atom is 0.264 e. The molecule has 4 rings (SSSR count). The largest absolute Gasteiger partial charge is 0.352 e. The molecule has 224 valence electrons. The summed E-state index contributed by atoms with van der Waals surface area (Å²) < 4.78 is 29.6. The van der Waals surface area contributed by atoms with Gasteiger partial charge in [-0.05, 0) is 67.3 Å². The first-order valence-corrected chi connectivity index (χ1v) is 17.0. The van der Waals surface area contributed by atoms with Crippen LogP contribution in [-0.2, 0) is 26.2 Å². The molecule has 1 fully saturated rings. The fourth-order valence-corrected chi connectivity index (χ4v) is 7.46. The topological polar surface area (TPSA) is 86.8 Å². The van der Waals surface area contributed by atoms with E-state index in [2.05, 4.69) is 21.2 Å². The van der Waals surface area contributed by atoms with Gasteiger partial charge in [0, 0.05) is 27.1 Å². The number of nitrogens with zero attached hydrogens (tertiary/aromatic N) is 2. The van der Waals surface area contributed by atoms with Crippen molar-refractivity contribution in [3.63, 3.8) is 0 Å². The molecular formula is C31H34BrCl2N3O4S. The van der Waals surface area contributed by atoms with Crippen LogP contribution >= 0.6 is 39.1 Å². The number of sulfonamides is 1. The van der Waals surface area contributed by atoms with Crippen molar-refractivity contribution in [1.82, 2.24) is 10.2 Å². The van der Waals surface area contributed by atoms with E-state index in [1.54, 1.807) is 60.7 Å². The van der Waals surface area contributed by atoms with Gasteiger partial charge in [0.1, 0.15) is 12.6 Å². The molecule has 11 heteroatoms. The molecular weight excluding hydrogens is 661 g/mol. The van der Waals surface area contributed by atoms with E-state index < -0.39 is 28.5 Å². The quantitative estimate of drug-likeness (QED) is 0.230. The molecule has 42 heavy (non-hydrogen) atoms. The average Bonchev–Trinajstić information content (AvgIpc) is 2.97. The molecule has 3 aromatic rings. The summed E-state index contributed by atoms with van der Waals surface area (Å²) in [5, 5.41) is 3.93. The molecule has 1 atom stereocenters. The van der Waals surface area contributed by atoms with Gasteiger partial charge in [-0.2, -0.15) is 0 Å². The lowest BCUT2D eigenvalue weighted by atomic mass is 9.95. The summed E-state index contributed by atoms with van der Waals surface area (Å²) in [6.45, 7) is 1.32. The van der Waals surface area contributed by atoms with E-state index in [4.69, 9.17) is 23.2 Å². The monoisotopic (exact) mass is 693 g/mol. The van der Waals surface area contributed by atoms with Crippen LogP contribution in [0.15, 0.2) is 82.2 Å². The van der Waals surface area contributed by atoms with Gasteiger partial charge in [0.15, 0.2) is 0 Å². The number of anilines is 1. The van der Waals surface area contributed by atoms with Crippen molar-refractivity contribution in [2.45, 2.75) is 69.0 Å². The van der Waals surface area contributed by atoms with Gasteiger partial charge in [0.05, 0.1) is 10.6 Å². The van der Waals surface area contributed by atoms with Gasteiger partial charge in [-0.1, -0.05) is 95.6 Å². The van der Waals surface area contributed by atoms with Crippen molar-refractivity contribution in [3.05, 3.63) is 92.9 Å². The molecule has 7 nitrogen and oxygen atoms in total. The van der Waals surface area contributed by atoms with Gasteiger partial charge in [-0.15, -0.1) is 0 Å². The maximum atomic E-state index is 14.2. The van der Waals surface area contributed by atoms with Crippen LogP contribution in [0.1, 0.15) is 51.0 Å². The molecule has 2 amide bonds. The Morgan fingerprint density at radius 1 is 0.976 bits per heavy atom. The van der Waals surface area contributed by atoms with E-state index in [0.29, 0.717) is 32.2 Å². The average molecular weight is 696 g/mol. The molecule has 1 saturated carbocycles. The number of rotatable bonds is 11. The van der Waals surface area contributed by atoms with Crippen LogP contribution in [0.25, 0.3) is 0 Å². The molecule has 1 aliphatic rings. The Balaban J connectivity index is 1.72. The Morgan fingerprint density at radius 2 is 1.69 bits per heavy atom. The first kappa shape index (κ1) is 32.3. The van der Waals surface area contributed by atoms with E-state index in [1.807, 2.05) is 6.92 Å². The zero-order valence-corrected chi connectivity index (χ0v) is 27.2. The Hall–Kier alpha value is -2.59. The summed E-state index contributed by atoms with van der Waals surface area (Å²) in [5.74, 6) is -0.797. The summed E-state index contributed by atoms with van der Waals surface area (Å²) >= 11 is 16.0. The first-order valence-electron chi connectivity index (χ1n) is 14.0. The zero-order chi connectivity index (χ0) is 30.3. The van der Waals surface area contributed by atoms with Crippen molar-refractivity contribution < 1.29 is 18.0 Å². The third-order valence-corrected chi connectivity index (χ3v) is 10.3. The minimum absolute atomic E-state index is 0.00311. The molecule has 0 unspecified atom stereocenters. The minimum atomic E-state index is -4.14. The maximum absolute atomic E-state index is 14.2. The van der Waals surface area contributed by atoms with Crippen molar-refractivity contribution in [1.29, 1.82) is 0 Å². The van der Waals surface area contributed by atoms with Gasteiger partial charge < -0.3 is 10.2 Å². The highest BCUT2D eigenvalue weighted by Gasteiger charge is 2.34. The second-order valence-electron chi connectivity index (χ2n) is 10.3. The second kappa shape index (κ2) is 14.7. The third-order valence-electron chi connectivity index (χ3n) is 7.40. The number of carbonyl (C=O) groups excluding carboxylic acids is 2. The highest BCUT2D eigenvalue weighted by atomic mass is 79.9. The van der Waals surface area contributed by atoms with Gasteiger partial charge in [0.2, 0.25) is 11.8 Å². The highest BCUT2D eigenvalue weighted by Crippen LogP contribution is 2.28. The summed E-state index contributed by atoms with van der Waals surface area (Å²) in [6.07, 6.45) is 5.35. The van der Waals surface area contributed by atoms with E-state index in [-0.39, 0.29) is 23.4 Å². The van der Waals surface area contributed by atoms with Crippen molar-refractivity contribution in [3.8, 4) is 0 Å². The van der Waals surface area contributed by atoms with E-state index >= 15 is 0 Å². The first-order chi connectivity index (χ1) is 20.1. The molecule has 0 aromatic heterocycles. The number of halogens is 3. The molecule has 0 saturated heterocycles. The van der Waals surface area contributed by atoms with Crippen molar-refractivity contribution >= 4 is 66.7 Å². The predicted octanol–water partition coefficient (Wildman–Crippen LogP) is 7.21. The van der Waals surface area contributed by atoms with Crippen molar-refractivity contribution in [2.75, 3.05) is 10.8 Å².